The van der Waals surface area contributed by atoms with Gasteiger partial charge < -0.3 is 5.32 Å². The van der Waals surface area contributed by atoms with Crippen molar-refractivity contribution in [1.29, 1.82) is 0 Å². The molecule has 1 heterocycles. The van der Waals surface area contributed by atoms with Crippen LogP contribution in [0, 0.1) is 5.92 Å². The van der Waals surface area contributed by atoms with Crippen molar-refractivity contribution in [1.82, 2.24) is 4.98 Å². The largest absolute Gasteiger partial charge is 0.302 e. The summed E-state index contributed by atoms with van der Waals surface area (Å²) in [6.07, 6.45) is 5.26. The van der Waals surface area contributed by atoms with Gasteiger partial charge in [-0.25, -0.2) is 13.4 Å². The van der Waals surface area contributed by atoms with Crippen molar-refractivity contribution >= 4 is 48.3 Å². The zero-order valence-corrected chi connectivity index (χ0v) is 19.4. The van der Waals surface area contributed by atoms with Crippen LogP contribution < -0.4 is 10.0 Å². The Morgan fingerprint density at radius 2 is 1.77 bits per heavy atom. The van der Waals surface area contributed by atoms with Crippen LogP contribution in [0.4, 0.5) is 10.8 Å². The molecule has 4 rings (SSSR count). The number of thiazole rings is 1. The number of nitrogens with zero attached hydrogens (tertiary/aromatic N) is 1. The number of aromatic nitrogens is 1. The highest BCUT2D eigenvalue weighted by Crippen LogP contribution is 2.31. The van der Waals surface area contributed by atoms with Gasteiger partial charge in [0.15, 0.2) is 5.13 Å². The molecule has 0 bridgehead atoms. The topological polar surface area (TPSA) is 88.2 Å². The lowest BCUT2D eigenvalue weighted by Crippen LogP contribution is -2.24. The fourth-order valence-electron chi connectivity index (χ4n) is 3.86. The maximum Gasteiger partial charge on any atom is 0.261 e. The molecule has 1 aromatic heterocycles. The monoisotopic (exact) mass is 457 g/mol. The van der Waals surface area contributed by atoms with Gasteiger partial charge in [0, 0.05) is 5.92 Å². The second-order valence-corrected chi connectivity index (χ2v) is 11.1. The summed E-state index contributed by atoms with van der Waals surface area (Å²) in [6.45, 7) is 4.13. The van der Waals surface area contributed by atoms with E-state index in [-0.39, 0.29) is 16.7 Å². The molecule has 1 aliphatic rings. The van der Waals surface area contributed by atoms with Crippen molar-refractivity contribution in [3.63, 3.8) is 0 Å². The second kappa shape index (κ2) is 8.96. The number of rotatable bonds is 6. The first-order valence-corrected chi connectivity index (χ1v) is 13.0. The Morgan fingerprint density at radius 1 is 1.06 bits per heavy atom. The molecule has 0 radical (unpaired) electrons. The van der Waals surface area contributed by atoms with Gasteiger partial charge in [-0.05, 0) is 54.7 Å². The molecule has 0 spiro atoms. The normalized spacial score (nSPS) is 15.3. The molecule has 0 atom stereocenters. The van der Waals surface area contributed by atoms with E-state index in [9.17, 15) is 13.2 Å². The van der Waals surface area contributed by atoms with Crippen LogP contribution in [-0.4, -0.2) is 19.3 Å². The van der Waals surface area contributed by atoms with Crippen LogP contribution in [0.2, 0.25) is 0 Å². The SMILES string of the molecule is CC(C)c1ccc(S(=O)(=O)Nc2ccc3sc(NC(=O)C4CCCCC4)nc3c2)cc1. The average molecular weight is 458 g/mol. The summed E-state index contributed by atoms with van der Waals surface area (Å²) in [5.41, 5.74) is 2.18. The molecule has 3 aromatic rings. The van der Waals surface area contributed by atoms with Gasteiger partial charge in [0.1, 0.15) is 0 Å². The van der Waals surface area contributed by atoms with E-state index >= 15 is 0 Å². The Bertz CT molecular complexity index is 1180. The zero-order valence-electron chi connectivity index (χ0n) is 17.7. The number of benzene rings is 2. The maximum atomic E-state index is 12.8. The first kappa shape index (κ1) is 21.8. The lowest BCUT2D eigenvalue weighted by Gasteiger charge is -2.19. The van der Waals surface area contributed by atoms with E-state index in [2.05, 4.69) is 28.9 Å². The quantitative estimate of drug-likeness (QED) is 0.494. The van der Waals surface area contributed by atoms with Crippen molar-refractivity contribution in [3.05, 3.63) is 48.0 Å². The minimum atomic E-state index is -3.70. The number of carbonyl (C=O) groups is 1. The van der Waals surface area contributed by atoms with Gasteiger partial charge in [-0.15, -0.1) is 0 Å². The van der Waals surface area contributed by atoms with E-state index < -0.39 is 10.0 Å². The van der Waals surface area contributed by atoms with Crippen molar-refractivity contribution in [2.75, 3.05) is 10.0 Å². The highest BCUT2D eigenvalue weighted by molar-refractivity contribution is 7.92. The standard InChI is InChI=1S/C23H27N3O3S2/c1-15(2)16-8-11-19(12-9-16)31(28,29)26-18-10-13-21-20(14-18)24-23(30-21)25-22(27)17-6-4-3-5-7-17/h8-15,17,26H,3-7H2,1-2H3,(H,24,25,27). The molecule has 31 heavy (non-hydrogen) atoms. The molecule has 6 nitrogen and oxygen atoms in total. The number of anilines is 2. The number of nitrogens with one attached hydrogen (secondary N) is 2. The fourth-order valence-corrected chi connectivity index (χ4v) is 5.76. The van der Waals surface area contributed by atoms with Crippen LogP contribution in [0.15, 0.2) is 47.4 Å². The summed E-state index contributed by atoms with van der Waals surface area (Å²) in [6, 6.07) is 12.2. The first-order valence-electron chi connectivity index (χ1n) is 10.7. The molecule has 2 aromatic carbocycles. The first-order chi connectivity index (χ1) is 14.8. The summed E-state index contributed by atoms with van der Waals surface area (Å²) in [7, 11) is -3.70. The molecule has 164 valence electrons. The Morgan fingerprint density at radius 3 is 2.45 bits per heavy atom. The van der Waals surface area contributed by atoms with Crippen LogP contribution in [0.25, 0.3) is 10.2 Å². The Labute approximate surface area is 187 Å². The smallest absolute Gasteiger partial charge is 0.261 e. The summed E-state index contributed by atoms with van der Waals surface area (Å²) in [4.78, 5) is 17.2. The Balaban J connectivity index is 1.49. The highest BCUT2D eigenvalue weighted by Gasteiger charge is 2.22. The Kier molecular flexibility index (Phi) is 6.29. The average Bonchev–Trinajstić information content (AvgIpc) is 3.15. The van der Waals surface area contributed by atoms with Crippen LogP contribution in [-0.2, 0) is 14.8 Å². The molecule has 0 aliphatic heterocycles. The molecule has 1 fully saturated rings. The van der Waals surface area contributed by atoms with Gasteiger partial charge in [0.05, 0.1) is 20.8 Å². The number of fused-ring (bicyclic) bond motifs is 1. The fraction of sp³-hybridized carbons (Fsp3) is 0.391. The lowest BCUT2D eigenvalue weighted by molar-refractivity contribution is -0.120. The van der Waals surface area contributed by atoms with E-state index in [0.717, 1.165) is 35.9 Å². The third-order valence-electron chi connectivity index (χ3n) is 5.70. The van der Waals surface area contributed by atoms with Crippen molar-refractivity contribution in [2.45, 2.75) is 56.8 Å². The van der Waals surface area contributed by atoms with Gasteiger partial charge in [-0.2, -0.15) is 0 Å². The number of carbonyl (C=O) groups excluding carboxylic acids is 1. The second-order valence-electron chi connectivity index (χ2n) is 8.35. The van der Waals surface area contributed by atoms with Gasteiger partial charge in [-0.3, -0.25) is 9.52 Å². The van der Waals surface area contributed by atoms with Gasteiger partial charge in [-0.1, -0.05) is 56.6 Å². The van der Waals surface area contributed by atoms with Crippen LogP contribution in [0.5, 0.6) is 0 Å². The molecule has 1 saturated carbocycles. The highest BCUT2D eigenvalue weighted by atomic mass is 32.2. The molecular weight excluding hydrogens is 430 g/mol. The molecule has 0 saturated heterocycles. The third-order valence-corrected chi connectivity index (χ3v) is 8.05. The van der Waals surface area contributed by atoms with Gasteiger partial charge in [0.25, 0.3) is 10.0 Å². The van der Waals surface area contributed by atoms with E-state index in [1.807, 2.05) is 18.2 Å². The number of hydrogen-bond donors (Lipinski definition) is 2. The van der Waals surface area contributed by atoms with Crippen LogP contribution in [0.3, 0.4) is 0 Å². The van der Waals surface area contributed by atoms with Crippen molar-refractivity contribution < 1.29 is 13.2 Å². The van der Waals surface area contributed by atoms with E-state index in [0.29, 0.717) is 22.3 Å². The summed E-state index contributed by atoms with van der Waals surface area (Å²) in [5.74, 6) is 0.430. The zero-order chi connectivity index (χ0) is 22.0. The summed E-state index contributed by atoms with van der Waals surface area (Å²) < 4.78 is 29.0. The summed E-state index contributed by atoms with van der Waals surface area (Å²) >= 11 is 1.40. The van der Waals surface area contributed by atoms with Gasteiger partial charge >= 0.3 is 0 Å². The van der Waals surface area contributed by atoms with Crippen molar-refractivity contribution in [3.8, 4) is 0 Å². The Hall–Kier alpha value is -2.45. The predicted octanol–water partition coefficient (Wildman–Crippen LogP) is 5.74. The number of sulfonamides is 1. The molecule has 2 N–H and O–H groups in total. The molecule has 1 aliphatic carbocycles. The number of amides is 1. The molecule has 8 heteroatoms. The van der Waals surface area contributed by atoms with E-state index in [1.54, 1.807) is 24.3 Å². The molecular formula is C23H27N3O3S2. The van der Waals surface area contributed by atoms with Crippen LogP contribution >= 0.6 is 11.3 Å². The minimum absolute atomic E-state index is 0.0320. The predicted molar refractivity (Wildman–Crippen MR) is 126 cm³/mol. The van der Waals surface area contributed by atoms with E-state index in [4.69, 9.17) is 0 Å². The summed E-state index contributed by atoms with van der Waals surface area (Å²) in [5, 5.41) is 3.49. The molecule has 0 unspecified atom stereocenters. The molecule has 1 amide bonds. The maximum absolute atomic E-state index is 12.8. The minimum Gasteiger partial charge on any atom is -0.302 e. The van der Waals surface area contributed by atoms with E-state index in [1.165, 1.54) is 17.8 Å². The number of hydrogen-bond acceptors (Lipinski definition) is 5. The van der Waals surface area contributed by atoms with Crippen molar-refractivity contribution in [2.24, 2.45) is 5.92 Å². The van der Waals surface area contributed by atoms with Crippen LogP contribution in [0.1, 0.15) is 57.4 Å². The lowest BCUT2D eigenvalue weighted by atomic mass is 9.89. The third kappa shape index (κ3) is 5.07. The van der Waals surface area contributed by atoms with Gasteiger partial charge in [0.2, 0.25) is 5.91 Å².